The number of imidazole rings is 1. The molecule has 2 nitrogen and oxygen atoms in total. The molecule has 25 heavy (non-hydrogen) atoms. The highest BCUT2D eigenvalue weighted by Crippen LogP contribution is 2.25. The van der Waals surface area contributed by atoms with Gasteiger partial charge in [0.1, 0.15) is 0 Å². The Morgan fingerprint density at radius 2 is 1.88 bits per heavy atom. The Morgan fingerprint density at radius 1 is 1.08 bits per heavy atom. The van der Waals surface area contributed by atoms with Gasteiger partial charge in [-0.2, -0.15) is 0 Å². The molecule has 1 atom stereocenters. The second-order valence-corrected chi connectivity index (χ2v) is 7.43. The van der Waals surface area contributed by atoms with E-state index < -0.39 is 0 Å². The molecule has 3 aromatic rings. The molecule has 0 aliphatic rings. The van der Waals surface area contributed by atoms with Crippen molar-refractivity contribution in [2.24, 2.45) is 5.92 Å². The van der Waals surface area contributed by atoms with E-state index in [0.29, 0.717) is 10.9 Å². The highest BCUT2D eigenvalue weighted by molar-refractivity contribution is 6.35. The van der Waals surface area contributed by atoms with Crippen LogP contribution in [0.5, 0.6) is 0 Å². The molecule has 0 fully saturated rings. The minimum absolute atomic E-state index is 0.517. The molecular weight excluding hydrogens is 351 g/mol. The quantitative estimate of drug-likeness (QED) is 0.497. The molecule has 3 rings (SSSR count). The lowest BCUT2D eigenvalue weighted by Crippen LogP contribution is -2.14. The Balaban J connectivity index is 1.70. The maximum atomic E-state index is 6.33. The van der Waals surface area contributed by atoms with Crippen molar-refractivity contribution >= 4 is 23.2 Å². The van der Waals surface area contributed by atoms with Crippen LogP contribution in [0.25, 0.3) is 0 Å². The molecule has 0 aliphatic carbocycles. The van der Waals surface area contributed by atoms with E-state index in [4.69, 9.17) is 23.2 Å². The van der Waals surface area contributed by atoms with E-state index in [0.717, 1.165) is 36.4 Å². The van der Waals surface area contributed by atoms with Crippen molar-refractivity contribution in [1.82, 2.24) is 9.55 Å². The number of halogens is 2. The molecule has 0 saturated heterocycles. The summed E-state index contributed by atoms with van der Waals surface area (Å²) < 4.78 is 2.16. The van der Waals surface area contributed by atoms with E-state index in [1.54, 1.807) is 0 Å². The largest absolute Gasteiger partial charge is 0.337 e. The molecule has 1 aromatic heterocycles. The molecule has 0 bridgehead atoms. The summed E-state index contributed by atoms with van der Waals surface area (Å²) in [4.78, 5) is 4.16. The molecule has 0 amide bonds. The van der Waals surface area contributed by atoms with Crippen molar-refractivity contribution in [3.8, 4) is 0 Å². The second-order valence-electron chi connectivity index (χ2n) is 6.59. The Labute approximate surface area is 159 Å². The molecule has 130 valence electrons. The van der Waals surface area contributed by atoms with Crippen LogP contribution in [0.2, 0.25) is 10.0 Å². The van der Waals surface area contributed by atoms with Gasteiger partial charge in [-0.25, -0.2) is 4.98 Å². The molecule has 0 aliphatic heterocycles. The third-order valence-electron chi connectivity index (χ3n) is 4.51. The Morgan fingerprint density at radius 3 is 2.56 bits per heavy atom. The van der Waals surface area contributed by atoms with Crippen LogP contribution in [0, 0.1) is 12.8 Å². The monoisotopic (exact) mass is 372 g/mol. The van der Waals surface area contributed by atoms with Gasteiger partial charge in [-0.05, 0) is 55.4 Å². The Bertz CT molecular complexity index is 795. The topological polar surface area (TPSA) is 17.8 Å². The van der Waals surface area contributed by atoms with Crippen LogP contribution < -0.4 is 0 Å². The van der Waals surface area contributed by atoms with Crippen LogP contribution in [-0.4, -0.2) is 9.55 Å². The smallest absolute Gasteiger partial charge is 0.0945 e. The number of hydrogen-bond donors (Lipinski definition) is 0. The number of rotatable bonds is 7. The zero-order valence-corrected chi connectivity index (χ0v) is 15.8. The first-order valence-electron chi connectivity index (χ1n) is 8.55. The lowest BCUT2D eigenvalue weighted by molar-refractivity contribution is 0.412. The maximum absolute atomic E-state index is 6.33. The normalized spacial score (nSPS) is 12.3. The molecule has 0 spiro atoms. The highest BCUT2D eigenvalue weighted by atomic mass is 35.5. The van der Waals surface area contributed by atoms with Gasteiger partial charge in [-0.3, -0.25) is 0 Å². The zero-order chi connectivity index (χ0) is 17.6. The first kappa shape index (κ1) is 18.0. The summed E-state index contributed by atoms with van der Waals surface area (Å²) in [6.07, 6.45) is 8.80. The van der Waals surface area contributed by atoms with Crippen LogP contribution in [-0.2, 0) is 19.4 Å². The SMILES string of the molecule is Cc1ccc(CC(CCc2ccc(Cl)cc2Cl)Cn2ccnc2)cc1. The number of aromatic nitrogens is 2. The van der Waals surface area contributed by atoms with Gasteiger partial charge in [-0.15, -0.1) is 0 Å². The van der Waals surface area contributed by atoms with Crippen LogP contribution in [0.4, 0.5) is 0 Å². The molecule has 0 radical (unpaired) electrons. The van der Waals surface area contributed by atoms with E-state index in [1.165, 1.54) is 11.1 Å². The number of aryl methyl sites for hydroxylation is 2. The Hall–Kier alpha value is -1.77. The fraction of sp³-hybridized carbons (Fsp3) is 0.286. The highest BCUT2D eigenvalue weighted by Gasteiger charge is 2.12. The zero-order valence-electron chi connectivity index (χ0n) is 14.3. The fourth-order valence-corrected chi connectivity index (χ4v) is 3.60. The van der Waals surface area contributed by atoms with Crippen LogP contribution in [0.3, 0.4) is 0 Å². The first-order valence-corrected chi connectivity index (χ1v) is 9.31. The lowest BCUT2D eigenvalue weighted by atomic mass is 9.92. The average molecular weight is 373 g/mol. The molecule has 4 heteroatoms. The van der Waals surface area contributed by atoms with Gasteiger partial charge in [-0.1, -0.05) is 59.1 Å². The van der Waals surface area contributed by atoms with E-state index in [-0.39, 0.29) is 0 Å². The van der Waals surface area contributed by atoms with Gasteiger partial charge in [0.2, 0.25) is 0 Å². The number of hydrogen-bond acceptors (Lipinski definition) is 1. The molecule has 1 heterocycles. The van der Waals surface area contributed by atoms with E-state index in [1.807, 2.05) is 36.9 Å². The van der Waals surface area contributed by atoms with Crippen molar-refractivity contribution in [1.29, 1.82) is 0 Å². The van der Waals surface area contributed by atoms with Gasteiger partial charge >= 0.3 is 0 Å². The third-order valence-corrected chi connectivity index (χ3v) is 5.10. The van der Waals surface area contributed by atoms with Crippen molar-refractivity contribution in [3.05, 3.63) is 87.9 Å². The lowest BCUT2D eigenvalue weighted by Gasteiger charge is -2.18. The van der Waals surface area contributed by atoms with Crippen molar-refractivity contribution < 1.29 is 0 Å². The summed E-state index contributed by atoms with van der Waals surface area (Å²) in [5.74, 6) is 0.517. The summed E-state index contributed by atoms with van der Waals surface area (Å²) in [5.41, 5.74) is 3.83. The van der Waals surface area contributed by atoms with Crippen molar-refractivity contribution in [2.45, 2.75) is 32.7 Å². The van der Waals surface area contributed by atoms with Crippen LogP contribution in [0.1, 0.15) is 23.1 Å². The summed E-state index contributed by atoms with van der Waals surface area (Å²) in [6.45, 7) is 3.08. The number of nitrogens with zero attached hydrogens (tertiary/aromatic N) is 2. The van der Waals surface area contributed by atoms with Crippen LogP contribution >= 0.6 is 23.2 Å². The molecule has 2 aromatic carbocycles. The van der Waals surface area contributed by atoms with Crippen molar-refractivity contribution in [3.63, 3.8) is 0 Å². The molecule has 1 unspecified atom stereocenters. The van der Waals surface area contributed by atoms with Gasteiger partial charge in [0.25, 0.3) is 0 Å². The summed E-state index contributed by atoms with van der Waals surface area (Å²) in [7, 11) is 0. The predicted molar refractivity (Wildman–Crippen MR) is 105 cm³/mol. The standard InChI is InChI=1S/C21H22Cl2N2/c1-16-2-4-17(5-3-16)12-18(14-25-11-10-24-15-25)6-7-19-8-9-20(22)13-21(19)23/h2-5,8-11,13,15,18H,6-7,12,14H2,1H3. The van der Waals surface area contributed by atoms with E-state index in [9.17, 15) is 0 Å². The van der Waals surface area contributed by atoms with Gasteiger partial charge < -0.3 is 4.57 Å². The third kappa shape index (κ3) is 5.35. The number of benzene rings is 2. The predicted octanol–water partition coefficient (Wildman–Crippen LogP) is 5.99. The Kier molecular flexibility index (Phi) is 6.17. The maximum Gasteiger partial charge on any atom is 0.0945 e. The van der Waals surface area contributed by atoms with Crippen LogP contribution in [0.15, 0.2) is 61.2 Å². The van der Waals surface area contributed by atoms with E-state index >= 15 is 0 Å². The molecular formula is C21H22Cl2N2. The molecule has 0 N–H and O–H groups in total. The van der Waals surface area contributed by atoms with Crippen molar-refractivity contribution in [2.75, 3.05) is 0 Å². The average Bonchev–Trinajstić information content (AvgIpc) is 3.09. The van der Waals surface area contributed by atoms with E-state index in [2.05, 4.69) is 40.7 Å². The summed E-state index contributed by atoms with van der Waals surface area (Å²) in [6, 6.07) is 14.6. The van der Waals surface area contributed by atoms with Gasteiger partial charge in [0, 0.05) is 29.0 Å². The first-order chi connectivity index (χ1) is 12.1. The minimum atomic E-state index is 0.517. The van der Waals surface area contributed by atoms with Gasteiger partial charge in [0.05, 0.1) is 6.33 Å². The minimum Gasteiger partial charge on any atom is -0.337 e. The molecule has 0 saturated carbocycles. The second kappa shape index (κ2) is 8.55. The summed E-state index contributed by atoms with van der Waals surface area (Å²) >= 11 is 12.3. The summed E-state index contributed by atoms with van der Waals surface area (Å²) in [5, 5.41) is 1.44. The van der Waals surface area contributed by atoms with Gasteiger partial charge in [0.15, 0.2) is 0 Å². The fourth-order valence-electron chi connectivity index (χ4n) is 3.09.